The van der Waals surface area contributed by atoms with Crippen LogP contribution in [0.2, 0.25) is 0 Å². The van der Waals surface area contributed by atoms with Crippen LogP contribution in [0.15, 0.2) is 0 Å². The Morgan fingerprint density at radius 1 is 1.33 bits per heavy atom. The normalized spacial score (nSPS) is 33.4. The quantitative estimate of drug-likeness (QED) is 0.736. The zero-order valence-electron chi connectivity index (χ0n) is 9.75. The molecule has 3 heteroatoms. The van der Waals surface area contributed by atoms with Crippen molar-refractivity contribution in [2.45, 2.75) is 45.6 Å². The summed E-state index contributed by atoms with van der Waals surface area (Å²) in [6, 6.07) is 0.220. The minimum absolute atomic E-state index is 0.00669. The van der Waals surface area contributed by atoms with Crippen molar-refractivity contribution in [1.82, 2.24) is 10.6 Å². The predicted molar refractivity (Wildman–Crippen MR) is 60.6 cm³/mol. The third kappa shape index (κ3) is 2.64. The zero-order chi connectivity index (χ0) is 10.8. The maximum atomic E-state index is 11.4. The van der Waals surface area contributed by atoms with Gasteiger partial charge in [-0.2, -0.15) is 0 Å². The zero-order valence-corrected chi connectivity index (χ0v) is 9.75. The summed E-state index contributed by atoms with van der Waals surface area (Å²) in [5.74, 6) is 2.62. The highest BCUT2D eigenvalue weighted by atomic mass is 16.2. The van der Waals surface area contributed by atoms with Crippen molar-refractivity contribution in [3.05, 3.63) is 0 Å². The Morgan fingerprint density at radius 2 is 2.13 bits per heavy atom. The van der Waals surface area contributed by atoms with Crippen LogP contribution in [0.4, 0.5) is 4.79 Å². The fraction of sp³-hybridized carbons (Fsp3) is 0.917. The first-order valence-electron chi connectivity index (χ1n) is 6.19. The molecule has 2 amide bonds. The van der Waals surface area contributed by atoms with E-state index < -0.39 is 0 Å². The maximum Gasteiger partial charge on any atom is 0.314 e. The highest BCUT2D eigenvalue weighted by Crippen LogP contribution is 2.47. The lowest BCUT2D eigenvalue weighted by molar-refractivity contribution is 0.232. The number of hydrogen-bond acceptors (Lipinski definition) is 1. The van der Waals surface area contributed by atoms with E-state index in [2.05, 4.69) is 10.6 Å². The number of carbonyl (C=O) groups excluding carboxylic acids is 1. The van der Waals surface area contributed by atoms with E-state index in [1.807, 2.05) is 13.8 Å². The van der Waals surface area contributed by atoms with Crippen molar-refractivity contribution < 1.29 is 4.79 Å². The van der Waals surface area contributed by atoms with Gasteiger partial charge in [0.2, 0.25) is 0 Å². The van der Waals surface area contributed by atoms with Crippen LogP contribution in [-0.2, 0) is 0 Å². The molecule has 2 N–H and O–H groups in total. The molecule has 0 heterocycles. The monoisotopic (exact) mass is 210 g/mol. The van der Waals surface area contributed by atoms with Gasteiger partial charge in [0.15, 0.2) is 0 Å². The smallest absolute Gasteiger partial charge is 0.314 e. The van der Waals surface area contributed by atoms with Gasteiger partial charge in [0.05, 0.1) is 0 Å². The van der Waals surface area contributed by atoms with E-state index in [0.29, 0.717) is 0 Å². The lowest BCUT2D eigenvalue weighted by atomic mass is 9.89. The molecule has 0 aromatic heterocycles. The molecule has 3 atom stereocenters. The van der Waals surface area contributed by atoms with Gasteiger partial charge in [0, 0.05) is 12.6 Å². The third-order valence-electron chi connectivity index (χ3n) is 3.83. The fourth-order valence-electron chi connectivity index (χ4n) is 3.16. The van der Waals surface area contributed by atoms with Crippen LogP contribution in [0.3, 0.4) is 0 Å². The largest absolute Gasteiger partial charge is 0.338 e. The maximum absolute atomic E-state index is 11.4. The highest BCUT2D eigenvalue weighted by Gasteiger charge is 2.39. The molecular weight excluding hydrogens is 188 g/mol. The van der Waals surface area contributed by atoms with Gasteiger partial charge in [-0.15, -0.1) is 0 Å². The highest BCUT2D eigenvalue weighted by molar-refractivity contribution is 5.74. The first-order valence-corrected chi connectivity index (χ1v) is 6.19. The second-order valence-corrected chi connectivity index (χ2v) is 5.44. The van der Waals surface area contributed by atoms with Crippen LogP contribution in [0, 0.1) is 17.8 Å². The molecule has 3 nitrogen and oxygen atoms in total. The van der Waals surface area contributed by atoms with E-state index in [1.54, 1.807) is 0 Å². The van der Waals surface area contributed by atoms with Crippen molar-refractivity contribution in [3.8, 4) is 0 Å². The summed E-state index contributed by atoms with van der Waals surface area (Å²) in [7, 11) is 0. The second kappa shape index (κ2) is 4.42. The summed E-state index contributed by atoms with van der Waals surface area (Å²) in [5.41, 5.74) is 0. The third-order valence-corrected chi connectivity index (χ3v) is 3.83. The summed E-state index contributed by atoms with van der Waals surface area (Å²) in [5, 5.41) is 5.85. The van der Waals surface area contributed by atoms with Crippen molar-refractivity contribution in [3.63, 3.8) is 0 Å². The van der Waals surface area contributed by atoms with Gasteiger partial charge in [-0.05, 0) is 50.9 Å². The molecule has 2 rings (SSSR count). The lowest BCUT2D eigenvalue weighted by Gasteiger charge is -2.22. The fourth-order valence-corrected chi connectivity index (χ4v) is 3.16. The SMILES string of the molecule is CC(C)NC(=O)NCC1CC2CCC1C2. The Balaban J connectivity index is 1.68. The van der Waals surface area contributed by atoms with Gasteiger partial charge in [-0.25, -0.2) is 4.79 Å². The van der Waals surface area contributed by atoms with Crippen molar-refractivity contribution in [2.75, 3.05) is 6.54 Å². The van der Waals surface area contributed by atoms with E-state index in [0.717, 1.165) is 24.3 Å². The first-order chi connectivity index (χ1) is 7.15. The van der Waals surface area contributed by atoms with Crippen LogP contribution < -0.4 is 10.6 Å². The van der Waals surface area contributed by atoms with Gasteiger partial charge in [0.25, 0.3) is 0 Å². The van der Waals surface area contributed by atoms with Crippen LogP contribution in [0.25, 0.3) is 0 Å². The first kappa shape index (κ1) is 10.8. The Kier molecular flexibility index (Phi) is 3.17. The number of amides is 2. The average molecular weight is 210 g/mol. The van der Waals surface area contributed by atoms with E-state index in [9.17, 15) is 4.79 Å². The van der Waals surface area contributed by atoms with Gasteiger partial charge in [-0.1, -0.05) is 6.42 Å². The number of rotatable bonds is 3. The molecule has 0 spiro atoms. The van der Waals surface area contributed by atoms with Gasteiger partial charge in [0.1, 0.15) is 0 Å². The molecular formula is C12H22N2O. The van der Waals surface area contributed by atoms with Gasteiger partial charge in [-0.3, -0.25) is 0 Å². The molecule has 2 aliphatic rings. The summed E-state index contributed by atoms with van der Waals surface area (Å²) in [4.78, 5) is 11.4. The molecule has 2 aliphatic carbocycles. The van der Waals surface area contributed by atoms with Gasteiger partial charge >= 0.3 is 6.03 Å². The number of urea groups is 1. The van der Waals surface area contributed by atoms with E-state index in [1.165, 1.54) is 25.7 Å². The van der Waals surface area contributed by atoms with Crippen molar-refractivity contribution in [2.24, 2.45) is 17.8 Å². The topological polar surface area (TPSA) is 41.1 Å². The Morgan fingerprint density at radius 3 is 2.67 bits per heavy atom. The molecule has 0 aromatic rings. The standard InChI is InChI=1S/C12H22N2O/c1-8(2)14-12(15)13-7-11-6-9-3-4-10(11)5-9/h8-11H,3-7H2,1-2H3,(H2,13,14,15). The number of nitrogens with one attached hydrogen (secondary N) is 2. The molecule has 2 bridgehead atoms. The van der Waals surface area contributed by atoms with Crippen LogP contribution in [-0.4, -0.2) is 18.6 Å². The number of fused-ring (bicyclic) bond motifs is 2. The predicted octanol–water partition coefficient (Wildman–Crippen LogP) is 2.13. The number of hydrogen-bond donors (Lipinski definition) is 2. The molecule has 15 heavy (non-hydrogen) atoms. The Labute approximate surface area is 92.0 Å². The summed E-state index contributed by atoms with van der Waals surface area (Å²) < 4.78 is 0. The summed E-state index contributed by atoms with van der Waals surface area (Å²) in [6.45, 7) is 4.84. The Bertz CT molecular complexity index is 240. The van der Waals surface area contributed by atoms with E-state index in [4.69, 9.17) is 0 Å². The lowest BCUT2D eigenvalue weighted by Crippen LogP contribution is -2.42. The van der Waals surface area contributed by atoms with E-state index >= 15 is 0 Å². The molecule has 0 saturated heterocycles. The van der Waals surface area contributed by atoms with Crippen molar-refractivity contribution in [1.29, 1.82) is 0 Å². The Hall–Kier alpha value is -0.730. The van der Waals surface area contributed by atoms with Crippen molar-refractivity contribution >= 4 is 6.03 Å². The second-order valence-electron chi connectivity index (χ2n) is 5.44. The molecule has 3 unspecified atom stereocenters. The molecule has 86 valence electrons. The van der Waals surface area contributed by atoms with Crippen LogP contribution >= 0.6 is 0 Å². The molecule has 0 aliphatic heterocycles. The summed E-state index contributed by atoms with van der Waals surface area (Å²) >= 11 is 0. The molecule has 2 fully saturated rings. The molecule has 2 saturated carbocycles. The van der Waals surface area contributed by atoms with Crippen LogP contribution in [0.1, 0.15) is 39.5 Å². The van der Waals surface area contributed by atoms with E-state index in [-0.39, 0.29) is 12.1 Å². The average Bonchev–Trinajstić information content (AvgIpc) is 2.74. The molecule has 0 radical (unpaired) electrons. The van der Waals surface area contributed by atoms with Crippen LogP contribution in [0.5, 0.6) is 0 Å². The minimum atomic E-state index is -0.00669. The molecule has 0 aromatic carbocycles. The minimum Gasteiger partial charge on any atom is -0.338 e. The van der Waals surface area contributed by atoms with Gasteiger partial charge < -0.3 is 10.6 Å². The number of carbonyl (C=O) groups is 1. The summed E-state index contributed by atoms with van der Waals surface area (Å²) in [6.07, 6.45) is 5.58.